The van der Waals surface area contributed by atoms with Crippen LogP contribution in [0.25, 0.3) is 0 Å². The van der Waals surface area contributed by atoms with Crippen LogP contribution in [0.4, 0.5) is 5.69 Å². The van der Waals surface area contributed by atoms with Gasteiger partial charge < -0.3 is 19.9 Å². The fourth-order valence-electron chi connectivity index (χ4n) is 1.25. The van der Waals surface area contributed by atoms with E-state index in [2.05, 4.69) is 15.0 Å². The zero-order valence-electron chi connectivity index (χ0n) is 10.3. The number of hydrogen-bond donors (Lipinski definition) is 1. The predicted octanol–water partition coefficient (Wildman–Crippen LogP) is 1.92. The molecule has 1 aromatic carbocycles. The molecule has 1 aromatic heterocycles. The lowest BCUT2D eigenvalue weighted by molar-refractivity contribution is 0.320. The molecule has 0 amide bonds. The second-order valence-electron chi connectivity index (χ2n) is 3.38. The van der Waals surface area contributed by atoms with E-state index in [0.717, 1.165) is 0 Å². The van der Waals surface area contributed by atoms with Gasteiger partial charge in [-0.05, 0) is 12.1 Å². The number of halogens is 1. The quantitative estimate of drug-likeness (QED) is 0.856. The maximum Gasteiger partial charge on any atom is 0.331 e. The number of hydrogen-bond acceptors (Lipinski definition) is 7. The van der Waals surface area contributed by atoms with Crippen molar-refractivity contribution in [3.05, 3.63) is 23.2 Å². The lowest BCUT2D eigenvalue weighted by Gasteiger charge is -2.08. The molecule has 2 rings (SSSR count). The molecule has 0 aliphatic heterocycles. The Bertz CT molecular complexity index is 572. The molecule has 0 fully saturated rings. The summed E-state index contributed by atoms with van der Waals surface area (Å²) in [4.78, 5) is 11.7. The number of ether oxygens (including phenoxy) is 3. The summed E-state index contributed by atoms with van der Waals surface area (Å²) in [6.07, 6.45) is 0. The van der Waals surface area contributed by atoms with Crippen LogP contribution in [0.2, 0.25) is 5.02 Å². The summed E-state index contributed by atoms with van der Waals surface area (Å²) in [5, 5.41) is 0.382. The molecule has 0 radical (unpaired) electrons. The number of nitrogens with zero attached hydrogens (tertiary/aromatic N) is 3. The van der Waals surface area contributed by atoms with Crippen LogP contribution in [-0.4, -0.2) is 29.2 Å². The van der Waals surface area contributed by atoms with Crippen molar-refractivity contribution >= 4 is 17.3 Å². The monoisotopic (exact) mass is 282 g/mol. The SMILES string of the molecule is COc1nc(OC)nc(Oc2cc(N)ccc2Cl)n1. The van der Waals surface area contributed by atoms with Crippen molar-refractivity contribution in [2.24, 2.45) is 0 Å². The zero-order valence-corrected chi connectivity index (χ0v) is 11.0. The first kappa shape index (κ1) is 13.2. The van der Waals surface area contributed by atoms with Gasteiger partial charge in [-0.1, -0.05) is 11.6 Å². The van der Waals surface area contributed by atoms with E-state index in [9.17, 15) is 0 Å². The Labute approximate surface area is 114 Å². The maximum atomic E-state index is 5.98. The van der Waals surface area contributed by atoms with E-state index < -0.39 is 0 Å². The van der Waals surface area contributed by atoms with E-state index in [-0.39, 0.29) is 18.0 Å². The highest BCUT2D eigenvalue weighted by Gasteiger charge is 2.11. The summed E-state index contributed by atoms with van der Waals surface area (Å²) in [7, 11) is 2.85. The van der Waals surface area contributed by atoms with Crippen LogP contribution in [0.3, 0.4) is 0 Å². The van der Waals surface area contributed by atoms with E-state index in [1.807, 2.05) is 0 Å². The number of methoxy groups -OCH3 is 2. The average molecular weight is 283 g/mol. The van der Waals surface area contributed by atoms with E-state index in [4.69, 9.17) is 31.5 Å². The Kier molecular flexibility index (Phi) is 3.86. The third-order valence-electron chi connectivity index (χ3n) is 2.10. The number of rotatable bonds is 4. The first-order valence-corrected chi connectivity index (χ1v) is 5.57. The minimum atomic E-state index is -0.00352. The van der Waals surface area contributed by atoms with Crippen molar-refractivity contribution in [3.8, 4) is 23.8 Å². The number of aromatic nitrogens is 3. The van der Waals surface area contributed by atoms with Gasteiger partial charge in [0, 0.05) is 11.8 Å². The highest BCUT2D eigenvalue weighted by atomic mass is 35.5. The van der Waals surface area contributed by atoms with E-state index in [0.29, 0.717) is 16.5 Å². The Morgan fingerprint density at radius 3 is 2.16 bits per heavy atom. The van der Waals surface area contributed by atoms with Crippen LogP contribution in [0.5, 0.6) is 23.8 Å². The van der Waals surface area contributed by atoms with Gasteiger partial charge in [-0.15, -0.1) is 15.0 Å². The van der Waals surface area contributed by atoms with Crippen LogP contribution in [0.15, 0.2) is 18.2 Å². The van der Waals surface area contributed by atoms with Crippen LogP contribution >= 0.6 is 11.6 Å². The molecule has 7 nitrogen and oxygen atoms in total. The lowest BCUT2D eigenvalue weighted by atomic mass is 10.3. The van der Waals surface area contributed by atoms with Crippen molar-refractivity contribution in [3.63, 3.8) is 0 Å². The second kappa shape index (κ2) is 5.57. The van der Waals surface area contributed by atoms with Gasteiger partial charge in [-0.2, -0.15) is 0 Å². The van der Waals surface area contributed by atoms with Gasteiger partial charge in [0.15, 0.2) is 5.75 Å². The summed E-state index contributed by atoms with van der Waals surface area (Å²) in [6, 6.07) is 4.97. The van der Waals surface area contributed by atoms with Crippen molar-refractivity contribution in [2.75, 3.05) is 20.0 Å². The van der Waals surface area contributed by atoms with Gasteiger partial charge in [-0.25, -0.2) is 0 Å². The first-order valence-electron chi connectivity index (χ1n) is 5.19. The third kappa shape index (κ3) is 3.14. The summed E-state index contributed by atoms with van der Waals surface area (Å²) >= 11 is 5.98. The molecule has 0 unspecified atom stereocenters. The number of nitrogen functional groups attached to an aromatic ring is 1. The van der Waals surface area contributed by atoms with Gasteiger partial charge in [0.25, 0.3) is 0 Å². The summed E-state index contributed by atoms with van der Waals surface area (Å²) in [5.74, 6) is 0.331. The van der Waals surface area contributed by atoms with Gasteiger partial charge in [0.1, 0.15) is 0 Å². The minimum absolute atomic E-state index is 0.00352. The number of benzene rings is 1. The standard InChI is InChI=1S/C11H11ClN4O3/c1-17-9-14-10(18-2)16-11(15-9)19-8-5-6(13)3-4-7(8)12/h3-5H,13H2,1-2H3. The molecule has 0 bridgehead atoms. The first-order chi connectivity index (χ1) is 9.12. The van der Waals surface area contributed by atoms with Crippen LogP contribution < -0.4 is 19.9 Å². The topological polar surface area (TPSA) is 92.4 Å². The minimum Gasteiger partial charge on any atom is -0.467 e. The molecular weight excluding hydrogens is 272 g/mol. The molecule has 2 aromatic rings. The van der Waals surface area contributed by atoms with E-state index in [1.54, 1.807) is 18.2 Å². The number of anilines is 1. The van der Waals surface area contributed by atoms with Gasteiger partial charge >= 0.3 is 18.0 Å². The normalized spacial score (nSPS) is 10.1. The fourth-order valence-corrected chi connectivity index (χ4v) is 1.40. The molecule has 0 saturated carbocycles. The Balaban J connectivity index is 2.34. The van der Waals surface area contributed by atoms with E-state index >= 15 is 0 Å². The number of nitrogens with two attached hydrogens (primary N) is 1. The second-order valence-corrected chi connectivity index (χ2v) is 3.79. The highest BCUT2D eigenvalue weighted by Crippen LogP contribution is 2.30. The average Bonchev–Trinajstić information content (AvgIpc) is 2.42. The molecule has 0 atom stereocenters. The lowest BCUT2D eigenvalue weighted by Crippen LogP contribution is -2.01. The van der Waals surface area contributed by atoms with Crippen molar-refractivity contribution in [2.45, 2.75) is 0 Å². The van der Waals surface area contributed by atoms with Crippen molar-refractivity contribution in [1.82, 2.24) is 15.0 Å². The highest BCUT2D eigenvalue weighted by molar-refractivity contribution is 6.32. The molecule has 100 valence electrons. The molecule has 0 spiro atoms. The maximum absolute atomic E-state index is 5.98. The van der Waals surface area contributed by atoms with Crippen LogP contribution in [-0.2, 0) is 0 Å². The summed E-state index contributed by atoms with van der Waals surface area (Å²) in [6.45, 7) is 0. The van der Waals surface area contributed by atoms with Crippen molar-refractivity contribution < 1.29 is 14.2 Å². The zero-order chi connectivity index (χ0) is 13.8. The third-order valence-corrected chi connectivity index (χ3v) is 2.41. The molecule has 2 N–H and O–H groups in total. The van der Waals surface area contributed by atoms with Crippen molar-refractivity contribution in [1.29, 1.82) is 0 Å². The van der Waals surface area contributed by atoms with Gasteiger partial charge in [0.2, 0.25) is 0 Å². The van der Waals surface area contributed by atoms with Crippen LogP contribution in [0, 0.1) is 0 Å². The largest absolute Gasteiger partial charge is 0.467 e. The Morgan fingerprint density at radius 2 is 1.58 bits per heavy atom. The molecule has 0 saturated heterocycles. The van der Waals surface area contributed by atoms with Gasteiger partial charge in [-0.3, -0.25) is 0 Å². The summed E-state index contributed by atoms with van der Waals surface area (Å²) in [5.41, 5.74) is 6.16. The van der Waals surface area contributed by atoms with E-state index in [1.165, 1.54) is 14.2 Å². The molecule has 0 aliphatic rings. The Morgan fingerprint density at radius 1 is 1.00 bits per heavy atom. The fraction of sp³-hybridized carbons (Fsp3) is 0.182. The molecular formula is C11H11ClN4O3. The smallest absolute Gasteiger partial charge is 0.331 e. The molecule has 1 heterocycles. The predicted molar refractivity (Wildman–Crippen MR) is 68.9 cm³/mol. The van der Waals surface area contributed by atoms with Crippen LogP contribution in [0.1, 0.15) is 0 Å². The van der Waals surface area contributed by atoms with Gasteiger partial charge in [0.05, 0.1) is 19.2 Å². The molecule has 0 aliphatic carbocycles. The Hall–Kier alpha value is -2.28. The summed E-state index contributed by atoms with van der Waals surface area (Å²) < 4.78 is 15.3. The molecule has 19 heavy (non-hydrogen) atoms. The molecule has 8 heteroatoms.